The fourth-order valence-electron chi connectivity index (χ4n) is 7.00. The molecule has 0 aliphatic carbocycles. The van der Waals surface area contributed by atoms with E-state index in [2.05, 4.69) is 187 Å². The molecule has 0 aliphatic rings. The summed E-state index contributed by atoms with van der Waals surface area (Å²) in [4.78, 5) is 2.34. The molecule has 0 aliphatic heterocycles. The maximum Gasteiger partial charge on any atom is 0.137 e. The molecule has 0 amide bonds. The largest absolute Gasteiger partial charge is 0.456 e. The third-order valence-electron chi connectivity index (χ3n) is 9.49. The second-order valence-electron chi connectivity index (χ2n) is 12.6. The summed E-state index contributed by atoms with van der Waals surface area (Å²) in [6, 6.07) is 71.0. The van der Waals surface area contributed by atoms with Crippen molar-refractivity contribution in [3.63, 3.8) is 0 Å². The van der Waals surface area contributed by atoms with Gasteiger partial charge < -0.3 is 9.32 Å². The van der Waals surface area contributed by atoms with Crippen molar-refractivity contribution < 1.29 is 4.42 Å². The van der Waals surface area contributed by atoms with Crippen LogP contribution in [-0.2, 0) is 0 Å². The molecule has 2 heteroatoms. The molecule has 1 heterocycles. The number of nitrogens with zero attached hydrogens (tertiary/aromatic N) is 1. The van der Waals surface area contributed by atoms with Crippen LogP contribution in [0.15, 0.2) is 205 Å². The Hall–Kier alpha value is -6.64. The molecule has 0 spiro atoms. The summed E-state index contributed by atoms with van der Waals surface area (Å²) in [7, 11) is 0. The molecule has 0 N–H and O–H groups in total. The number of rotatable bonds is 7. The molecule has 2 nitrogen and oxygen atoms in total. The first-order valence-electron chi connectivity index (χ1n) is 17.0. The fraction of sp³-hybridized carbons (Fsp3) is 0. The zero-order chi connectivity index (χ0) is 33.3. The second kappa shape index (κ2) is 12.8. The van der Waals surface area contributed by atoms with Crippen molar-refractivity contribution in [3.8, 4) is 44.7 Å². The van der Waals surface area contributed by atoms with Crippen LogP contribution in [0, 0.1) is 0 Å². The van der Waals surface area contributed by atoms with E-state index < -0.39 is 0 Å². The Balaban J connectivity index is 1.12. The molecule has 9 aromatic rings. The van der Waals surface area contributed by atoms with Gasteiger partial charge in [0.05, 0.1) is 5.69 Å². The van der Waals surface area contributed by atoms with Gasteiger partial charge in [0.1, 0.15) is 11.3 Å². The van der Waals surface area contributed by atoms with Gasteiger partial charge in [-0.15, -0.1) is 0 Å². The smallest absolute Gasteiger partial charge is 0.137 e. The van der Waals surface area contributed by atoms with E-state index in [1.165, 1.54) is 38.6 Å². The van der Waals surface area contributed by atoms with Crippen LogP contribution in [-0.4, -0.2) is 0 Å². The molecule has 236 valence electrons. The average molecular weight is 640 g/mol. The van der Waals surface area contributed by atoms with Crippen molar-refractivity contribution in [2.75, 3.05) is 4.90 Å². The molecule has 1 aromatic heterocycles. The molecule has 9 rings (SSSR count). The number of fused-ring (bicyclic) bond motifs is 2. The second-order valence-corrected chi connectivity index (χ2v) is 12.6. The third kappa shape index (κ3) is 5.53. The van der Waals surface area contributed by atoms with Crippen molar-refractivity contribution in [1.82, 2.24) is 0 Å². The number of benzene rings is 8. The van der Waals surface area contributed by atoms with E-state index >= 15 is 0 Å². The molecular weight excluding hydrogens is 607 g/mol. The summed E-state index contributed by atoms with van der Waals surface area (Å²) in [6.07, 6.45) is 0. The first-order chi connectivity index (χ1) is 24.8. The quantitative estimate of drug-likeness (QED) is 0.173. The topological polar surface area (TPSA) is 16.4 Å². The molecule has 0 radical (unpaired) electrons. The molecule has 0 saturated heterocycles. The van der Waals surface area contributed by atoms with Gasteiger partial charge in [-0.25, -0.2) is 0 Å². The van der Waals surface area contributed by atoms with Crippen LogP contribution >= 0.6 is 0 Å². The van der Waals surface area contributed by atoms with Gasteiger partial charge in [-0.05, 0) is 92.7 Å². The normalized spacial score (nSPS) is 11.2. The minimum absolute atomic E-state index is 0.842. The highest BCUT2D eigenvalue weighted by Crippen LogP contribution is 2.43. The van der Waals surface area contributed by atoms with Gasteiger partial charge in [0.25, 0.3) is 0 Å². The summed E-state index contributed by atoms with van der Waals surface area (Å²) in [5.74, 6) is 0.842. The first kappa shape index (κ1) is 29.5. The highest BCUT2D eigenvalue weighted by atomic mass is 16.3. The van der Waals surface area contributed by atoms with E-state index in [0.29, 0.717) is 0 Å². The highest BCUT2D eigenvalue weighted by Gasteiger charge is 2.20. The lowest BCUT2D eigenvalue weighted by Crippen LogP contribution is -2.11. The predicted octanol–water partition coefficient (Wildman–Crippen LogP) is 13.7. The van der Waals surface area contributed by atoms with Crippen molar-refractivity contribution >= 4 is 38.8 Å². The minimum atomic E-state index is 0.842. The van der Waals surface area contributed by atoms with Crippen LogP contribution in [0.3, 0.4) is 0 Å². The van der Waals surface area contributed by atoms with E-state index in [0.717, 1.165) is 44.9 Å². The monoisotopic (exact) mass is 639 g/mol. The number of para-hydroxylation sites is 2. The van der Waals surface area contributed by atoms with Gasteiger partial charge in [0.15, 0.2) is 0 Å². The summed E-state index contributed by atoms with van der Waals surface area (Å²) in [6.45, 7) is 0. The zero-order valence-electron chi connectivity index (χ0n) is 27.4. The van der Waals surface area contributed by atoms with Gasteiger partial charge in [0.2, 0.25) is 0 Å². The Kier molecular flexibility index (Phi) is 7.53. The lowest BCUT2D eigenvalue weighted by molar-refractivity contribution is 0.631. The molecule has 50 heavy (non-hydrogen) atoms. The van der Waals surface area contributed by atoms with Gasteiger partial charge in [-0.3, -0.25) is 0 Å². The molecule has 0 unspecified atom stereocenters. The van der Waals surface area contributed by atoms with Crippen molar-refractivity contribution in [3.05, 3.63) is 200 Å². The van der Waals surface area contributed by atoms with Crippen molar-refractivity contribution in [2.45, 2.75) is 0 Å². The molecule has 0 saturated carbocycles. The minimum Gasteiger partial charge on any atom is -0.456 e. The van der Waals surface area contributed by atoms with Crippen LogP contribution in [0.1, 0.15) is 0 Å². The van der Waals surface area contributed by atoms with Gasteiger partial charge in [-0.2, -0.15) is 0 Å². The average Bonchev–Trinajstić information content (AvgIpc) is 3.63. The van der Waals surface area contributed by atoms with Crippen LogP contribution < -0.4 is 4.90 Å². The number of hydrogen-bond acceptors (Lipinski definition) is 2. The maximum atomic E-state index is 6.43. The summed E-state index contributed by atoms with van der Waals surface area (Å²) < 4.78 is 6.43. The summed E-state index contributed by atoms with van der Waals surface area (Å²) >= 11 is 0. The Labute approximate surface area is 292 Å². The van der Waals surface area contributed by atoms with Crippen LogP contribution in [0.2, 0.25) is 0 Å². The van der Waals surface area contributed by atoms with Gasteiger partial charge in [-0.1, -0.05) is 152 Å². The Bertz CT molecular complexity index is 2540. The lowest BCUT2D eigenvalue weighted by atomic mass is 9.96. The van der Waals surface area contributed by atoms with Gasteiger partial charge >= 0.3 is 0 Å². The van der Waals surface area contributed by atoms with E-state index in [4.69, 9.17) is 4.42 Å². The van der Waals surface area contributed by atoms with Crippen molar-refractivity contribution in [1.29, 1.82) is 0 Å². The number of anilines is 3. The predicted molar refractivity (Wildman–Crippen MR) is 210 cm³/mol. The van der Waals surface area contributed by atoms with E-state index in [1.54, 1.807) is 0 Å². The fourth-order valence-corrected chi connectivity index (χ4v) is 7.00. The summed E-state index contributed by atoms with van der Waals surface area (Å²) in [5, 5.41) is 3.61. The van der Waals surface area contributed by atoms with Crippen molar-refractivity contribution in [2.24, 2.45) is 0 Å². The molecule has 0 fully saturated rings. The Morgan fingerprint density at radius 1 is 0.340 bits per heavy atom. The molecule has 0 bridgehead atoms. The Morgan fingerprint density at radius 3 is 1.74 bits per heavy atom. The number of hydrogen-bond donors (Lipinski definition) is 0. The Morgan fingerprint density at radius 2 is 0.920 bits per heavy atom. The molecular formula is C48H33NO. The highest BCUT2D eigenvalue weighted by molar-refractivity contribution is 5.97. The first-order valence-corrected chi connectivity index (χ1v) is 17.0. The van der Waals surface area contributed by atoms with Crippen LogP contribution in [0.4, 0.5) is 17.1 Å². The van der Waals surface area contributed by atoms with Crippen LogP contribution in [0.5, 0.6) is 0 Å². The van der Waals surface area contributed by atoms with E-state index in [-0.39, 0.29) is 0 Å². The van der Waals surface area contributed by atoms with E-state index in [9.17, 15) is 0 Å². The van der Waals surface area contributed by atoms with Crippen LogP contribution in [0.25, 0.3) is 66.4 Å². The van der Waals surface area contributed by atoms with E-state index in [1.807, 2.05) is 18.2 Å². The SMILES string of the molecule is c1ccc(-c2cccc(N(c3ccc(-c4ccc(-c5cccc6ccccc56)cc4)cc3)c3ccccc3-c3cc4ccccc4o3)c2)cc1. The van der Waals surface area contributed by atoms with Gasteiger partial charge in [0, 0.05) is 22.3 Å². The summed E-state index contributed by atoms with van der Waals surface area (Å²) in [5.41, 5.74) is 12.3. The number of furan rings is 1. The third-order valence-corrected chi connectivity index (χ3v) is 9.49. The standard InChI is InChI=1S/C48H33NO/c1-2-12-34(13-3-1)39-17-10-18-42(32-39)49(46-22-8-7-20-45(46)48-33-40-15-5-9-23-47(40)50-48)41-30-28-36(29-31-41)35-24-26-38(27-25-35)44-21-11-16-37-14-4-6-19-43(37)44/h1-33H. The lowest BCUT2D eigenvalue weighted by Gasteiger charge is -2.28. The molecule has 8 aromatic carbocycles. The zero-order valence-corrected chi connectivity index (χ0v) is 27.4. The molecule has 0 atom stereocenters. The maximum absolute atomic E-state index is 6.43.